The molecule has 0 fully saturated rings. The lowest BCUT2D eigenvalue weighted by Crippen LogP contribution is -2.04. The fourth-order valence-corrected chi connectivity index (χ4v) is 12.4. The van der Waals surface area contributed by atoms with Crippen LogP contribution in [0.1, 0.15) is 18.4 Å². The van der Waals surface area contributed by atoms with E-state index < -0.39 is 0 Å². The molecule has 0 spiro atoms. The highest BCUT2D eigenvalue weighted by atomic mass is 32.1. The van der Waals surface area contributed by atoms with Crippen LogP contribution in [0.5, 0.6) is 0 Å². The summed E-state index contributed by atoms with van der Waals surface area (Å²) in [7, 11) is 0. The standard InChI is InChI=1S/C69H44N4OS/c1-5-17-43(18-6-1)45-29-33-47(34-30-45)56-41-51(69-71-67(49-21-9-3-10-22-49)70-68(72-69)50-23-11-4-12-24-50)42-57(48-35-31-46(32-36-48)44-19-7-2-8-20-44)64(56)73-58-27-15-13-25-54(58)62-59(73)39-37-52-53-38-40-61-63(66(53)74-65(52)62)55-26-14-16-28-60(55)75-61/h1,3-7,9-42H,2,8H2. The van der Waals surface area contributed by atoms with Crippen molar-refractivity contribution in [3.8, 4) is 73.2 Å². The van der Waals surface area contributed by atoms with E-state index in [9.17, 15) is 0 Å². The van der Waals surface area contributed by atoms with Gasteiger partial charge in [-0.1, -0.05) is 194 Å². The molecule has 1 aliphatic rings. The summed E-state index contributed by atoms with van der Waals surface area (Å²) in [6.07, 6.45) is 8.97. The second-order valence-electron chi connectivity index (χ2n) is 19.3. The Morgan fingerprint density at radius 2 is 0.893 bits per heavy atom. The third kappa shape index (κ3) is 7.25. The summed E-state index contributed by atoms with van der Waals surface area (Å²) < 4.78 is 12.2. The summed E-state index contributed by atoms with van der Waals surface area (Å²) in [4.78, 5) is 15.8. The molecule has 0 aliphatic heterocycles. The Morgan fingerprint density at radius 3 is 1.53 bits per heavy atom. The van der Waals surface area contributed by atoms with Crippen LogP contribution in [0.3, 0.4) is 0 Å². The van der Waals surface area contributed by atoms with Crippen molar-refractivity contribution in [1.82, 2.24) is 19.5 Å². The van der Waals surface area contributed by atoms with Crippen molar-refractivity contribution in [3.05, 3.63) is 248 Å². The summed E-state index contributed by atoms with van der Waals surface area (Å²) in [5.41, 5.74) is 16.7. The van der Waals surface area contributed by atoms with Gasteiger partial charge in [0.05, 0.1) is 22.1 Å². The SMILES string of the molecule is C1=CC(c2ccc(-c3cc(-c4nc(-c5ccccc5)nc(-c5ccccc5)n4)cc(-c4ccc(-c5ccccc5)cc4)c3-n3c4ccccc4c4c5oc6c(ccc7sc8ccccc8c76)c5ccc43)cc2)=CCC1. The van der Waals surface area contributed by atoms with E-state index in [-0.39, 0.29) is 0 Å². The monoisotopic (exact) mass is 976 g/mol. The van der Waals surface area contributed by atoms with Gasteiger partial charge in [-0.25, -0.2) is 15.0 Å². The predicted molar refractivity (Wildman–Crippen MR) is 313 cm³/mol. The molecule has 14 aromatic rings. The molecule has 6 heteroatoms. The molecule has 0 unspecified atom stereocenters. The molecule has 0 amide bonds. The highest BCUT2D eigenvalue weighted by Gasteiger charge is 2.26. The van der Waals surface area contributed by atoms with Gasteiger partial charge < -0.3 is 8.98 Å². The minimum atomic E-state index is 0.588. The molecule has 0 bridgehead atoms. The van der Waals surface area contributed by atoms with Crippen molar-refractivity contribution < 1.29 is 4.42 Å². The Hall–Kier alpha value is -9.49. The van der Waals surface area contributed by atoms with Gasteiger partial charge in [0.2, 0.25) is 0 Å². The van der Waals surface area contributed by atoms with E-state index in [0.29, 0.717) is 17.5 Å². The van der Waals surface area contributed by atoms with Gasteiger partial charge in [-0.15, -0.1) is 11.3 Å². The first kappa shape index (κ1) is 43.1. The smallest absolute Gasteiger partial charge is 0.164 e. The average Bonchev–Trinajstić information content (AvgIpc) is 4.17. The lowest BCUT2D eigenvalue weighted by molar-refractivity contribution is 0.677. The fourth-order valence-electron chi connectivity index (χ4n) is 11.3. The van der Waals surface area contributed by atoms with Crippen molar-refractivity contribution in [2.45, 2.75) is 12.8 Å². The van der Waals surface area contributed by atoms with Crippen LogP contribution in [0.2, 0.25) is 0 Å². The van der Waals surface area contributed by atoms with E-state index >= 15 is 0 Å². The second kappa shape index (κ2) is 17.6. The molecule has 0 saturated heterocycles. The summed E-state index contributed by atoms with van der Waals surface area (Å²) in [5, 5.41) is 6.82. The number of allylic oxidation sites excluding steroid dienone is 4. The van der Waals surface area contributed by atoms with E-state index in [1.54, 1.807) is 0 Å². The first-order valence-corrected chi connectivity index (χ1v) is 26.4. The lowest BCUT2D eigenvalue weighted by Gasteiger charge is -2.21. The quantitative estimate of drug-likeness (QED) is 0.152. The zero-order valence-corrected chi connectivity index (χ0v) is 41.4. The molecule has 352 valence electrons. The average molecular weight is 977 g/mol. The van der Waals surface area contributed by atoms with Crippen LogP contribution in [-0.2, 0) is 0 Å². The molecule has 10 aromatic carbocycles. The summed E-state index contributed by atoms with van der Waals surface area (Å²) in [6, 6.07) is 80.3. The molecule has 5 nitrogen and oxygen atoms in total. The lowest BCUT2D eigenvalue weighted by atomic mass is 9.90. The number of hydrogen-bond donors (Lipinski definition) is 0. The van der Waals surface area contributed by atoms with Crippen LogP contribution in [0.15, 0.2) is 247 Å². The number of hydrogen-bond acceptors (Lipinski definition) is 5. The first-order valence-electron chi connectivity index (χ1n) is 25.6. The fraction of sp³-hybridized carbons (Fsp3) is 0.0290. The minimum Gasteiger partial charge on any atom is -0.455 e. The number of fused-ring (bicyclic) bond motifs is 11. The number of aromatic nitrogens is 4. The molecule has 15 rings (SSSR count). The van der Waals surface area contributed by atoms with E-state index in [1.165, 1.54) is 36.9 Å². The molecule has 0 saturated carbocycles. The summed E-state index contributed by atoms with van der Waals surface area (Å²) in [5.74, 6) is 1.81. The highest BCUT2D eigenvalue weighted by molar-refractivity contribution is 7.26. The topological polar surface area (TPSA) is 56.7 Å². The van der Waals surface area contributed by atoms with Gasteiger partial charge >= 0.3 is 0 Å². The Kier molecular flexibility index (Phi) is 10.1. The van der Waals surface area contributed by atoms with Gasteiger partial charge in [-0.3, -0.25) is 0 Å². The zero-order valence-electron chi connectivity index (χ0n) is 40.6. The van der Waals surface area contributed by atoms with Crippen LogP contribution in [0.25, 0.3) is 143 Å². The largest absolute Gasteiger partial charge is 0.455 e. The molecule has 4 aromatic heterocycles. The number of rotatable bonds is 8. The third-order valence-corrected chi connectivity index (χ3v) is 16.0. The predicted octanol–water partition coefficient (Wildman–Crippen LogP) is 19.0. The number of para-hydroxylation sites is 1. The number of benzene rings is 10. The maximum Gasteiger partial charge on any atom is 0.164 e. The Morgan fingerprint density at radius 1 is 0.373 bits per heavy atom. The Balaban J connectivity index is 1.05. The molecule has 0 radical (unpaired) electrons. The van der Waals surface area contributed by atoms with E-state index in [4.69, 9.17) is 19.4 Å². The van der Waals surface area contributed by atoms with Crippen molar-refractivity contribution in [3.63, 3.8) is 0 Å². The van der Waals surface area contributed by atoms with Crippen molar-refractivity contribution >= 4 is 80.8 Å². The Bertz CT molecular complexity index is 4550. The van der Waals surface area contributed by atoms with E-state index in [1.807, 2.05) is 47.7 Å². The zero-order chi connectivity index (χ0) is 49.4. The van der Waals surface area contributed by atoms with E-state index in [2.05, 4.69) is 211 Å². The molecule has 0 N–H and O–H groups in total. The van der Waals surface area contributed by atoms with Crippen LogP contribution in [0, 0.1) is 0 Å². The molecule has 75 heavy (non-hydrogen) atoms. The molecular formula is C69H44N4OS. The third-order valence-electron chi connectivity index (χ3n) is 14.9. The van der Waals surface area contributed by atoms with Gasteiger partial charge in [0, 0.05) is 64.1 Å². The maximum atomic E-state index is 7.29. The Labute approximate surface area is 436 Å². The van der Waals surface area contributed by atoms with E-state index in [0.717, 1.165) is 107 Å². The highest BCUT2D eigenvalue weighted by Crippen LogP contribution is 2.48. The van der Waals surface area contributed by atoms with Gasteiger partial charge in [0.1, 0.15) is 11.2 Å². The maximum absolute atomic E-state index is 7.29. The molecule has 4 heterocycles. The van der Waals surface area contributed by atoms with Crippen molar-refractivity contribution in [2.75, 3.05) is 0 Å². The first-order chi connectivity index (χ1) is 37.2. The number of nitrogens with zero attached hydrogens (tertiary/aromatic N) is 4. The second-order valence-corrected chi connectivity index (χ2v) is 20.4. The van der Waals surface area contributed by atoms with Crippen LogP contribution in [-0.4, -0.2) is 19.5 Å². The normalized spacial score (nSPS) is 12.7. The van der Waals surface area contributed by atoms with Crippen molar-refractivity contribution in [2.24, 2.45) is 0 Å². The summed E-state index contributed by atoms with van der Waals surface area (Å²) >= 11 is 1.82. The summed E-state index contributed by atoms with van der Waals surface area (Å²) in [6.45, 7) is 0. The van der Waals surface area contributed by atoms with Crippen LogP contribution >= 0.6 is 11.3 Å². The van der Waals surface area contributed by atoms with Crippen LogP contribution in [0.4, 0.5) is 0 Å². The van der Waals surface area contributed by atoms with Gasteiger partial charge in [0.25, 0.3) is 0 Å². The minimum absolute atomic E-state index is 0.588. The van der Waals surface area contributed by atoms with Gasteiger partial charge in [0.15, 0.2) is 17.5 Å². The number of furan rings is 1. The van der Waals surface area contributed by atoms with Gasteiger partial charge in [-0.2, -0.15) is 0 Å². The number of thiophene rings is 1. The molecule has 0 atom stereocenters. The molecular weight excluding hydrogens is 933 g/mol. The molecule has 1 aliphatic carbocycles. The van der Waals surface area contributed by atoms with Gasteiger partial charge in [-0.05, 0) is 94.8 Å². The van der Waals surface area contributed by atoms with Crippen LogP contribution < -0.4 is 0 Å². The van der Waals surface area contributed by atoms with Crippen molar-refractivity contribution in [1.29, 1.82) is 0 Å².